The molecule has 0 saturated carbocycles. The highest BCUT2D eigenvalue weighted by Crippen LogP contribution is 2.19. The van der Waals surface area contributed by atoms with Crippen molar-refractivity contribution < 1.29 is 9.90 Å². The molecule has 0 aromatic heterocycles. The number of carbonyl (C=O) groups is 1. The minimum atomic E-state index is 0.260. The Bertz CT molecular complexity index is 389. The third kappa shape index (κ3) is 4.77. The number of hydrogen-bond acceptors (Lipinski definition) is 3. The van der Waals surface area contributed by atoms with E-state index in [2.05, 4.69) is 4.90 Å². The molecule has 0 bridgehead atoms. The minimum absolute atomic E-state index is 0.260. The molecule has 3 nitrogen and oxygen atoms in total. The number of rotatable bonds is 6. The van der Waals surface area contributed by atoms with Crippen molar-refractivity contribution in [2.75, 3.05) is 26.2 Å². The average Bonchev–Trinajstić information content (AvgIpc) is 2.40. The summed E-state index contributed by atoms with van der Waals surface area (Å²) in [7, 11) is 0. The van der Waals surface area contributed by atoms with Crippen LogP contribution >= 0.6 is 0 Å². The van der Waals surface area contributed by atoms with Gasteiger partial charge >= 0.3 is 0 Å². The maximum atomic E-state index is 12.1. The molecular weight excluding hydrogens is 238 g/mol. The number of ketones is 1. The predicted molar refractivity (Wildman–Crippen MR) is 76.0 cm³/mol. The number of likely N-dealkylation sites (tertiary alicyclic amines) is 1. The first-order valence-electron chi connectivity index (χ1n) is 7.17. The van der Waals surface area contributed by atoms with Gasteiger partial charge in [0.25, 0.3) is 0 Å². The molecule has 1 heterocycles. The largest absolute Gasteiger partial charge is 0.396 e. The Morgan fingerprint density at radius 3 is 2.84 bits per heavy atom. The van der Waals surface area contributed by atoms with E-state index in [1.54, 1.807) is 0 Å². The highest BCUT2D eigenvalue weighted by molar-refractivity contribution is 5.82. The lowest BCUT2D eigenvalue weighted by molar-refractivity contribution is -0.120. The first-order valence-corrected chi connectivity index (χ1v) is 7.17. The van der Waals surface area contributed by atoms with Gasteiger partial charge in [0.1, 0.15) is 0 Å². The van der Waals surface area contributed by atoms with E-state index < -0.39 is 0 Å². The van der Waals surface area contributed by atoms with Crippen LogP contribution in [-0.2, 0) is 11.2 Å². The van der Waals surface area contributed by atoms with Gasteiger partial charge in [-0.05, 0) is 37.3 Å². The summed E-state index contributed by atoms with van der Waals surface area (Å²) < 4.78 is 0. The van der Waals surface area contributed by atoms with Crippen LogP contribution in [0, 0.1) is 5.92 Å². The van der Waals surface area contributed by atoms with Gasteiger partial charge in [0.05, 0.1) is 6.54 Å². The summed E-state index contributed by atoms with van der Waals surface area (Å²) in [4.78, 5) is 14.3. The number of aliphatic hydroxyl groups is 1. The maximum Gasteiger partial charge on any atom is 0.151 e. The Hall–Kier alpha value is -1.19. The molecule has 1 N–H and O–H groups in total. The molecule has 1 unspecified atom stereocenters. The lowest BCUT2D eigenvalue weighted by Crippen LogP contribution is -2.39. The normalized spacial score (nSPS) is 20.4. The molecule has 19 heavy (non-hydrogen) atoms. The fourth-order valence-electron chi connectivity index (χ4n) is 2.84. The number of aliphatic hydroxyl groups excluding tert-OH is 1. The van der Waals surface area contributed by atoms with Crippen molar-refractivity contribution >= 4 is 5.78 Å². The van der Waals surface area contributed by atoms with Crippen molar-refractivity contribution in [3.05, 3.63) is 35.9 Å². The van der Waals surface area contributed by atoms with Gasteiger partial charge in [-0.2, -0.15) is 0 Å². The molecule has 1 aromatic carbocycles. The van der Waals surface area contributed by atoms with Gasteiger partial charge in [-0.15, -0.1) is 0 Å². The zero-order chi connectivity index (χ0) is 13.5. The first kappa shape index (κ1) is 14.2. The molecule has 2 rings (SSSR count). The first-order chi connectivity index (χ1) is 9.28. The van der Waals surface area contributed by atoms with E-state index in [0.29, 0.717) is 18.9 Å². The van der Waals surface area contributed by atoms with Gasteiger partial charge in [-0.25, -0.2) is 0 Å². The lowest BCUT2D eigenvalue weighted by atomic mass is 9.95. The fraction of sp³-hybridized carbons (Fsp3) is 0.562. The van der Waals surface area contributed by atoms with E-state index in [-0.39, 0.29) is 12.4 Å². The van der Waals surface area contributed by atoms with Crippen LogP contribution in [0.5, 0.6) is 0 Å². The molecular formula is C16H23NO2. The topological polar surface area (TPSA) is 40.5 Å². The van der Waals surface area contributed by atoms with E-state index in [4.69, 9.17) is 5.11 Å². The number of hydrogen-bond donors (Lipinski definition) is 1. The van der Waals surface area contributed by atoms with Crippen LogP contribution in [-0.4, -0.2) is 42.0 Å². The maximum absolute atomic E-state index is 12.1. The predicted octanol–water partition coefficient (Wildman–Crippen LogP) is 1.89. The number of benzene rings is 1. The van der Waals surface area contributed by atoms with Crippen LogP contribution < -0.4 is 0 Å². The summed E-state index contributed by atoms with van der Waals surface area (Å²) in [5.41, 5.74) is 1.09. The standard InChI is InChI=1S/C16H23NO2/c18-10-8-15-7-4-9-17(12-15)13-16(19)11-14-5-2-1-3-6-14/h1-3,5-6,15,18H,4,7-13H2. The summed E-state index contributed by atoms with van der Waals surface area (Å²) in [6, 6.07) is 9.92. The van der Waals surface area contributed by atoms with E-state index in [1.807, 2.05) is 30.3 Å². The van der Waals surface area contributed by atoms with E-state index >= 15 is 0 Å². The smallest absolute Gasteiger partial charge is 0.151 e. The molecule has 0 spiro atoms. The number of nitrogens with zero attached hydrogens (tertiary/aromatic N) is 1. The summed E-state index contributed by atoms with van der Waals surface area (Å²) in [5, 5.41) is 9.00. The van der Waals surface area contributed by atoms with Crippen molar-refractivity contribution in [1.29, 1.82) is 0 Å². The Kier molecular flexibility index (Phi) is 5.55. The molecule has 0 radical (unpaired) electrons. The quantitative estimate of drug-likeness (QED) is 0.850. The SMILES string of the molecule is O=C(Cc1ccccc1)CN1CCCC(CCO)C1. The van der Waals surface area contributed by atoms with Crippen LogP contribution in [0.2, 0.25) is 0 Å². The third-order valence-corrected chi connectivity index (χ3v) is 3.78. The molecule has 1 fully saturated rings. The molecule has 1 aliphatic rings. The van der Waals surface area contributed by atoms with E-state index in [1.165, 1.54) is 6.42 Å². The molecule has 1 aliphatic heterocycles. The Balaban J connectivity index is 1.78. The molecule has 0 aliphatic carbocycles. The second-order valence-electron chi connectivity index (χ2n) is 5.46. The summed E-state index contributed by atoms with van der Waals surface area (Å²) in [5.74, 6) is 0.846. The summed E-state index contributed by atoms with van der Waals surface area (Å²) >= 11 is 0. The Labute approximate surface area is 115 Å². The van der Waals surface area contributed by atoms with Crippen molar-refractivity contribution in [2.24, 2.45) is 5.92 Å². The summed E-state index contributed by atoms with van der Waals surface area (Å²) in [6.07, 6.45) is 3.72. The third-order valence-electron chi connectivity index (χ3n) is 3.78. The Morgan fingerprint density at radius 1 is 1.32 bits per heavy atom. The van der Waals surface area contributed by atoms with Crippen molar-refractivity contribution in [2.45, 2.75) is 25.7 Å². The highest BCUT2D eigenvalue weighted by Gasteiger charge is 2.21. The zero-order valence-corrected chi connectivity index (χ0v) is 11.4. The molecule has 0 amide bonds. The highest BCUT2D eigenvalue weighted by atomic mass is 16.3. The van der Waals surface area contributed by atoms with Gasteiger partial charge in [-0.1, -0.05) is 30.3 Å². The van der Waals surface area contributed by atoms with Crippen LogP contribution in [0.15, 0.2) is 30.3 Å². The van der Waals surface area contributed by atoms with Gasteiger partial charge in [0.2, 0.25) is 0 Å². The van der Waals surface area contributed by atoms with Crippen molar-refractivity contribution in [1.82, 2.24) is 4.90 Å². The number of Topliss-reactive ketones (excluding diaryl/α,β-unsaturated/α-hetero) is 1. The van der Waals surface area contributed by atoms with Crippen LogP contribution in [0.3, 0.4) is 0 Å². The molecule has 3 heteroatoms. The Morgan fingerprint density at radius 2 is 2.11 bits per heavy atom. The molecule has 1 atom stereocenters. The minimum Gasteiger partial charge on any atom is -0.396 e. The lowest BCUT2D eigenvalue weighted by Gasteiger charge is -2.31. The second kappa shape index (κ2) is 7.41. The monoisotopic (exact) mass is 261 g/mol. The van der Waals surface area contributed by atoms with E-state index in [0.717, 1.165) is 31.5 Å². The summed E-state index contributed by atoms with van der Waals surface area (Å²) in [6.45, 7) is 2.79. The fourth-order valence-corrected chi connectivity index (χ4v) is 2.84. The van der Waals surface area contributed by atoms with Crippen molar-refractivity contribution in [3.8, 4) is 0 Å². The van der Waals surface area contributed by atoms with Gasteiger partial charge < -0.3 is 5.11 Å². The van der Waals surface area contributed by atoms with E-state index in [9.17, 15) is 4.79 Å². The molecule has 1 aromatic rings. The van der Waals surface area contributed by atoms with Gasteiger partial charge in [0, 0.05) is 19.6 Å². The van der Waals surface area contributed by atoms with Crippen LogP contribution in [0.4, 0.5) is 0 Å². The van der Waals surface area contributed by atoms with Gasteiger partial charge in [-0.3, -0.25) is 9.69 Å². The zero-order valence-electron chi connectivity index (χ0n) is 11.4. The molecule has 1 saturated heterocycles. The second-order valence-corrected chi connectivity index (χ2v) is 5.46. The number of piperidine rings is 1. The van der Waals surface area contributed by atoms with Crippen LogP contribution in [0.1, 0.15) is 24.8 Å². The molecule has 104 valence electrons. The number of carbonyl (C=O) groups excluding carboxylic acids is 1. The van der Waals surface area contributed by atoms with Crippen molar-refractivity contribution in [3.63, 3.8) is 0 Å². The van der Waals surface area contributed by atoms with Gasteiger partial charge in [0.15, 0.2) is 5.78 Å². The van der Waals surface area contributed by atoms with Crippen LogP contribution in [0.25, 0.3) is 0 Å². The average molecular weight is 261 g/mol.